The third-order valence-electron chi connectivity index (χ3n) is 2.20. The topological polar surface area (TPSA) is 68.2 Å². The summed E-state index contributed by atoms with van der Waals surface area (Å²) in [5.74, 6) is 0.784. The van der Waals surface area contributed by atoms with E-state index in [1.807, 2.05) is 24.3 Å². The number of halogens is 1. The summed E-state index contributed by atoms with van der Waals surface area (Å²) in [7, 11) is -0.161. The molecule has 0 fully saturated rings. The van der Waals surface area contributed by atoms with E-state index in [0.29, 0.717) is 13.0 Å². The van der Waals surface area contributed by atoms with E-state index in [1.54, 1.807) is 7.11 Å². The quantitative estimate of drug-likeness (QED) is 0.550. The van der Waals surface area contributed by atoms with Gasteiger partial charge in [0.05, 0.1) is 13.7 Å². The van der Waals surface area contributed by atoms with Crippen molar-refractivity contribution < 1.29 is 24.2 Å². The number of hydrogen-bond acceptors (Lipinski definition) is 5. The minimum Gasteiger partial charge on any atom is -0.497 e. The molecule has 1 aromatic carbocycles. The van der Waals surface area contributed by atoms with E-state index in [0.717, 1.165) is 11.3 Å². The van der Waals surface area contributed by atoms with Gasteiger partial charge in [-0.3, -0.25) is 0 Å². The molecule has 100 valence electrons. The second-order valence-corrected chi connectivity index (χ2v) is 4.04. The predicted octanol–water partition coefficient (Wildman–Crippen LogP) is 1.15. The highest BCUT2D eigenvalue weighted by Crippen LogP contribution is 2.14. The summed E-state index contributed by atoms with van der Waals surface area (Å²) in [6.45, 7) is 0.494. The number of ether oxygens (including phenoxy) is 2. The summed E-state index contributed by atoms with van der Waals surface area (Å²) in [6.07, 6.45) is 0.370. The predicted molar refractivity (Wildman–Crippen MR) is 68.2 cm³/mol. The largest absolute Gasteiger partial charge is 0.633 e. The smallest absolute Gasteiger partial charge is 0.497 e. The van der Waals surface area contributed by atoms with Gasteiger partial charge in [-0.15, -0.1) is 0 Å². The second kappa shape index (κ2) is 8.34. The molecule has 2 N–H and O–H groups in total. The number of rotatable bonds is 8. The first-order valence-corrected chi connectivity index (χ1v) is 5.92. The summed E-state index contributed by atoms with van der Waals surface area (Å²) in [5.41, 5.74) is 0.440. The van der Waals surface area contributed by atoms with E-state index >= 15 is 0 Å². The summed E-state index contributed by atoms with van der Waals surface area (Å²) in [6, 6.07) is 7.45. The summed E-state index contributed by atoms with van der Waals surface area (Å²) in [5, 5.41) is 16.9. The van der Waals surface area contributed by atoms with Crippen molar-refractivity contribution in [2.75, 3.05) is 13.7 Å². The normalized spacial score (nSPS) is 12.2. The number of hydrogen-bond donors (Lipinski definition) is 2. The van der Waals surface area contributed by atoms with Crippen molar-refractivity contribution in [3.05, 3.63) is 29.8 Å². The van der Waals surface area contributed by atoms with Crippen LogP contribution in [0.25, 0.3) is 0 Å². The molecule has 0 saturated heterocycles. The Kier molecular flexibility index (Phi) is 7.08. The van der Waals surface area contributed by atoms with Crippen molar-refractivity contribution in [3.8, 4) is 5.75 Å². The molecule has 1 atom stereocenters. The highest BCUT2D eigenvalue weighted by atomic mass is 35.5. The molecule has 0 aliphatic carbocycles. The van der Waals surface area contributed by atoms with Gasteiger partial charge >= 0.3 is 7.32 Å². The van der Waals surface area contributed by atoms with E-state index in [4.69, 9.17) is 31.1 Å². The maximum atomic E-state index is 8.46. The van der Waals surface area contributed by atoms with Gasteiger partial charge in [-0.05, 0) is 17.7 Å². The van der Waals surface area contributed by atoms with E-state index in [-0.39, 0.29) is 6.61 Å². The zero-order chi connectivity index (χ0) is 13.4. The Balaban J connectivity index is 2.22. The molecule has 1 aromatic rings. The highest BCUT2D eigenvalue weighted by Gasteiger charge is 2.10. The van der Waals surface area contributed by atoms with Crippen molar-refractivity contribution in [2.24, 2.45) is 0 Å². The Bertz CT molecular complexity index is 333. The van der Waals surface area contributed by atoms with Crippen LogP contribution in [0.3, 0.4) is 0 Å². The van der Waals surface area contributed by atoms with Gasteiger partial charge in [0.1, 0.15) is 11.3 Å². The third-order valence-corrected chi connectivity index (χ3v) is 2.55. The molecular weight excluding hydrogens is 258 g/mol. The van der Waals surface area contributed by atoms with Crippen molar-refractivity contribution >= 4 is 18.9 Å². The van der Waals surface area contributed by atoms with Crippen LogP contribution in [0.15, 0.2) is 24.3 Å². The Morgan fingerprint density at radius 1 is 1.28 bits per heavy atom. The van der Waals surface area contributed by atoms with Gasteiger partial charge in [0.25, 0.3) is 0 Å². The average molecular weight is 275 g/mol. The molecule has 0 bridgehead atoms. The van der Waals surface area contributed by atoms with Crippen LogP contribution in [0.5, 0.6) is 5.75 Å². The lowest BCUT2D eigenvalue weighted by Crippen LogP contribution is -2.19. The Morgan fingerprint density at radius 3 is 2.50 bits per heavy atom. The fourth-order valence-electron chi connectivity index (χ4n) is 1.26. The molecule has 0 aliphatic rings. The summed E-state index contributed by atoms with van der Waals surface area (Å²) in [4.78, 5) is 0. The van der Waals surface area contributed by atoms with Crippen molar-refractivity contribution in [3.63, 3.8) is 0 Å². The van der Waals surface area contributed by atoms with E-state index in [9.17, 15) is 0 Å². The van der Waals surface area contributed by atoms with Crippen LogP contribution in [0.2, 0.25) is 0 Å². The van der Waals surface area contributed by atoms with Crippen LogP contribution in [-0.4, -0.2) is 36.6 Å². The monoisotopic (exact) mass is 274 g/mol. The molecule has 0 amide bonds. The number of benzene rings is 1. The number of methoxy groups -OCH3 is 1. The molecular formula is C11H16BClO5. The van der Waals surface area contributed by atoms with Crippen molar-refractivity contribution in [2.45, 2.75) is 18.6 Å². The van der Waals surface area contributed by atoms with Gasteiger partial charge in [-0.2, -0.15) is 0 Å². The zero-order valence-electron chi connectivity index (χ0n) is 10.1. The maximum Gasteiger partial charge on any atom is 0.633 e. The van der Waals surface area contributed by atoms with Crippen LogP contribution < -0.4 is 4.74 Å². The standard InChI is InChI=1S/C11H16BClO5/c1-16-10-4-2-9(3-5-10)8-17-11(13)6-7-18-12(14)15/h2-5,11,14-15H,6-8H2,1H3. The summed E-state index contributed by atoms with van der Waals surface area (Å²) < 4.78 is 14.9. The van der Waals surface area contributed by atoms with E-state index < -0.39 is 12.9 Å². The van der Waals surface area contributed by atoms with Crippen LogP contribution in [0.1, 0.15) is 12.0 Å². The van der Waals surface area contributed by atoms with Gasteiger partial charge in [-0.1, -0.05) is 23.7 Å². The fourth-order valence-corrected chi connectivity index (χ4v) is 1.41. The fraction of sp³-hybridized carbons (Fsp3) is 0.455. The molecule has 0 aromatic heterocycles. The molecule has 5 nitrogen and oxygen atoms in total. The van der Waals surface area contributed by atoms with Crippen molar-refractivity contribution in [1.29, 1.82) is 0 Å². The first-order chi connectivity index (χ1) is 8.61. The lowest BCUT2D eigenvalue weighted by Gasteiger charge is -2.11. The Labute approximate surface area is 111 Å². The van der Waals surface area contributed by atoms with E-state index in [1.165, 1.54) is 0 Å². The summed E-state index contributed by atoms with van der Waals surface area (Å²) >= 11 is 5.88. The van der Waals surface area contributed by atoms with Gasteiger partial charge in [0.15, 0.2) is 0 Å². The molecule has 0 aliphatic heterocycles. The van der Waals surface area contributed by atoms with Crippen LogP contribution in [-0.2, 0) is 16.0 Å². The van der Waals surface area contributed by atoms with E-state index in [2.05, 4.69) is 4.65 Å². The van der Waals surface area contributed by atoms with Gasteiger partial charge in [0, 0.05) is 13.0 Å². The average Bonchev–Trinajstić information content (AvgIpc) is 2.36. The van der Waals surface area contributed by atoms with Crippen LogP contribution in [0.4, 0.5) is 0 Å². The van der Waals surface area contributed by atoms with Gasteiger partial charge in [0.2, 0.25) is 0 Å². The number of alkyl halides is 1. The van der Waals surface area contributed by atoms with Crippen LogP contribution in [0, 0.1) is 0 Å². The van der Waals surface area contributed by atoms with Gasteiger partial charge < -0.3 is 24.2 Å². The van der Waals surface area contributed by atoms with Crippen LogP contribution >= 0.6 is 11.6 Å². The second-order valence-electron chi connectivity index (χ2n) is 3.55. The molecule has 7 heteroatoms. The Morgan fingerprint density at radius 2 is 1.94 bits per heavy atom. The molecule has 1 unspecified atom stereocenters. The molecule has 0 saturated carbocycles. The third kappa shape index (κ3) is 6.23. The van der Waals surface area contributed by atoms with Gasteiger partial charge in [-0.25, -0.2) is 0 Å². The lowest BCUT2D eigenvalue weighted by molar-refractivity contribution is 0.0712. The maximum absolute atomic E-state index is 8.46. The Hall–Kier alpha value is -0.785. The minimum absolute atomic E-state index is 0.119. The SMILES string of the molecule is COc1ccc(COC(Cl)CCOB(O)O)cc1. The first kappa shape index (κ1) is 15.3. The highest BCUT2D eigenvalue weighted by molar-refractivity contribution is 6.32. The first-order valence-electron chi connectivity index (χ1n) is 5.48. The molecule has 1 rings (SSSR count). The lowest BCUT2D eigenvalue weighted by atomic mass is 10.2. The molecule has 18 heavy (non-hydrogen) atoms. The molecule has 0 heterocycles. The molecule has 0 radical (unpaired) electrons. The van der Waals surface area contributed by atoms with Crippen molar-refractivity contribution in [1.82, 2.24) is 0 Å². The zero-order valence-corrected chi connectivity index (χ0v) is 10.8. The molecule has 0 spiro atoms. The minimum atomic E-state index is -1.77.